The Kier molecular flexibility index (Phi) is 8.72. The van der Waals surface area contributed by atoms with Gasteiger partial charge in [0.05, 0.1) is 31.4 Å². The van der Waals surface area contributed by atoms with Crippen LogP contribution >= 0.6 is 0 Å². The molecule has 9 heteroatoms. The molecule has 0 aromatic heterocycles. The number of para-hydroxylation sites is 2. The van der Waals surface area contributed by atoms with Crippen molar-refractivity contribution in [2.24, 2.45) is 10.5 Å². The van der Waals surface area contributed by atoms with Gasteiger partial charge >= 0.3 is 5.97 Å². The fourth-order valence-electron chi connectivity index (χ4n) is 5.20. The van der Waals surface area contributed by atoms with Crippen molar-refractivity contribution in [3.63, 3.8) is 0 Å². The minimum atomic E-state index is -0.693. The van der Waals surface area contributed by atoms with Gasteiger partial charge in [-0.3, -0.25) is 9.59 Å². The molecule has 0 fully saturated rings. The SMILES string of the molecule is CCOC(=O)C1=C(C)NC2=C(C(=O)CC(C)(C)C2)C1c1ccccc1OCC(=O)NN=Cc1ccccc1OC. The van der Waals surface area contributed by atoms with E-state index in [0.717, 1.165) is 5.70 Å². The van der Waals surface area contributed by atoms with E-state index in [0.29, 0.717) is 52.3 Å². The first-order chi connectivity index (χ1) is 19.1. The quantitative estimate of drug-likeness (QED) is 0.273. The van der Waals surface area contributed by atoms with Crippen molar-refractivity contribution in [3.8, 4) is 11.5 Å². The van der Waals surface area contributed by atoms with E-state index in [-0.39, 0.29) is 24.4 Å². The van der Waals surface area contributed by atoms with Gasteiger partial charge in [0.25, 0.3) is 5.91 Å². The lowest BCUT2D eigenvalue weighted by atomic mass is 9.68. The number of carbonyl (C=O) groups is 3. The van der Waals surface area contributed by atoms with Crippen LogP contribution < -0.4 is 20.2 Å². The van der Waals surface area contributed by atoms with Crippen LogP contribution in [0.25, 0.3) is 0 Å². The van der Waals surface area contributed by atoms with Gasteiger partial charge in [0.1, 0.15) is 11.5 Å². The van der Waals surface area contributed by atoms with Crippen LogP contribution in [-0.2, 0) is 19.1 Å². The Morgan fingerprint density at radius 3 is 2.52 bits per heavy atom. The maximum absolute atomic E-state index is 13.5. The predicted molar refractivity (Wildman–Crippen MR) is 151 cm³/mol. The van der Waals surface area contributed by atoms with Gasteiger partial charge in [0.2, 0.25) is 0 Å². The fraction of sp³-hybridized carbons (Fsp3) is 0.355. The number of carbonyl (C=O) groups excluding carboxylic acids is 3. The summed E-state index contributed by atoms with van der Waals surface area (Å²) in [6, 6.07) is 14.4. The van der Waals surface area contributed by atoms with Crippen molar-refractivity contribution in [1.82, 2.24) is 10.7 Å². The Hall–Kier alpha value is -4.40. The predicted octanol–water partition coefficient (Wildman–Crippen LogP) is 4.39. The summed E-state index contributed by atoms with van der Waals surface area (Å²) >= 11 is 0. The van der Waals surface area contributed by atoms with E-state index in [9.17, 15) is 14.4 Å². The molecule has 0 bridgehead atoms. The van der Waals surface area contributed by atoms with E-state index in [1.807, 2.05) is 37.3 Å². The topological polar surface area (TPSA) is 115 Å². The van der Waals surface area contributed by atoms with Gasteiger partial charge in [-0.1, -0.05) is 44.2 Å². The zero-order chi connectivity index (χ0) is 28.9. The minimum absolute atomic E-state index is 0.0312. The van der Waals surface area contributed by atoms with Crippen LogP contribution in [0.15, 0.2) is 76.2 Å². The molecule has 0 spiro atoms. The lowest BCUT2D eigenvalue weighted by molar-refractivity contribution is -0.139. The average molecular weight is 546 g/mol. The number of ether oxygens (including phenoxy) is 3. The molecule has 0 radical (unpaired) electrons. The third kappa shape index (κ3) is 6.25. The second-order valence-corrected chi connectivity index (χ2v) is 10.5. The molecule has 1 amide bonds. The molecule has 1 unspecified atom stereocenters. The zero-order valence-electron chi connectivity index (χ0n) is 23.5. The molecule has 0 saturated carbocycles. The number of nitrogens with zero attached hydrogens (tertiary/aromatic N) is 1. The van der Waals surface area contributed by atoms with Gasteiger partial charge in [-0.2, -0.15) is 5.10 Å². The molecule has 2 aromatic rings. The highest BCUT2D eigenvalue weighted by molar-refractivity contribution is 6.04. The van der Waals surface area contributed by atoms with E-state index in [1.165, 1.54) is 6.21 Å². The first-order valence-electron chi connectivity index (χ1n) is 13.2. The molecular formula is C31H35N3O6. The van der Waals surface area contributed by atoms with Crippen molar-refractivity contribution >= 4 is 23.9 Å². The summed E-state index contributed by atoms with van der Waals surface area (Å²) in [4.78, 5) is 39.3. The normalized spacial score (nSPS) is 18.2. The van der Waals surface area contributed by atoms with E-state index in [1.54, 1.807) is 32.2 Å². The summed E-state index contributed by atoms with van der Waals surface area (Å²) in [6.45, 7) is 7.53. The van der Waals surface area contributed by atoms with Crippen LogP contribution in [0.5, 0.6) is 11.5 Å². The summed E-state index contributed by atoms with van der Waals surface area (Å²) in [7, 11) is 1.56. The van der Waals surface area contributed by atoms with Gasteiger partial charge < -0.3 is 19.5 Å². The highest BCUT2D eigenvalue weighted by Gasteiger charge is 2.44. The van der Waals surface area contributed by atoms with E-state index in [4.69, 9.17) is 14.2 Å². The molecule has 1 atom stereocenters. The largest absolute Gasteiger partial charge is 0.496 e. The second-order valence-electron chi connectivity index (χ2n) is 10.5. The molecule has 2 aliphatic rings. The molecule has 0 saturated heterocycles. The Labute approximate surface area is 234 Å². The number of dihydropyridines is 1. The third-order valence-electron chi connectivity index (χ3n) is 6.86. The van der Waals surface area contributed by atoms with Crippen molar-refractivity contribution < 1.29 is 28.6 Å². The molecule has 9 nitrogen and oxygen atoms in total. The van der Waals surface area contributed by atoms with Gasteiger partial charge in [-0.05, 0) is 43.9 Å². The molecule has 1 aliphatic carbocycles. The number of allylic oxidation sites excluding steroid dienone is 3. The van der Waals surface area contributed by atoms with Crippen LogP contribution in [0.3, 0.4) is 0 Å². The number of methoxy groups -OCH3 is 1. The number of hydrogen-bond acceptors (Lipinski definition) is 8. The number of hydrogen-bond donors (Lipinski definition) is 2. The molecular weight excluding hydrogens is 510 g/mol. The molecule has 4 rings (SSSR count). The standard InChI is InChI=1S/C31H35N3O6/c1-6-39-30(37)27-19(2)33-22-15-31(3,4)16-23(35)29(22)28(27)21-12-8-10-14-25(21)40-18-26(36)34-32-17-20-11-7-9-13-24(20)38-5/h7-14,17,28,33H,6,15-16,18H2,1-5H3,(H,34,36). The Morgan fingerprint density at radius 1 is 1.10 bits per heavy atom. The number of ketones is 1. The Morgan fingerprint density at radius 2 is 1.80 bits per heavy atom. The highest BCUT2D eigenvalue weighted by atomic mass is 16.5. The van der Waals surface area contributed by atoms with Crippen molar-refractivity contribution in [1.29, 1.82) is 0 Å². The van der Waals surface area contributed by atoms with Gasteiger partial charge in [-0.25, -0.2) is 10.2 Å². The van der Waals surface area contributed by atoms with Crippen LogP contribution in [0.4, 0.5) is 0 Å². The summed E-state index contributed by atoms with van der Waals surface area (Å²) in [6.07, 6.45) is 2.51. The minimum Gasteiger partial charge on any atom is -0.496 e. The number of rotatable bonds is 9. The molecule has 2 N–H and O–H groups in total. The Balaban J connectivity index is 1.61. The van der Waals surface area contributed by atoms with Crippen molar-refractivity contribution in [2.45, 2.75) is 46.5 Å². The lowest BCUT2D eigenvalue weighted by Gasteiger charge is -2.39. The summed E-state index contributed by atoms with van der Waals surface area (Å²) in [5.74, 6) is -0.683. The average Bonchev–Trinajstić information content (AvgIpc) is 2.91. The van der Waals surface area contributed by atoms with Gasteiger partial charge in [0, 0.05) is 34.5 Å². The highest BCUT2D eigenvalue weighted by Crippen LogP contribution is 2.48. The maximum atomic E-state index is 13.5. The second kappa shape index (κ2) is 12.2. The van der Waals surface area contributed by atoms with E-state index < -0.39 is 17.8 Å². The zero-order valence-corrected chi connectivity index (χ0v) is 23.5. The summed E-state index contributed by atoms with van der Waals surface area (Å²) in [5.41, 5.74) is 5.89. The first-order valence-corrected chi connectivity index (χ1v) is 13.2. The van der Waals surface area contributed by atoms with Gasteiger partial charge in [-0.15, -0.1) is 0 Å². The number of hydrazone groups is 1. The van der Waals surface area contributed by atoms with Gasteiger partial charge in [0.15, 0.2) is 12.4 Å². The van der Waals surface area contributed by atoms with E-state index in [2.05, 4.69) is 29.7 Å². The van der Waals surface area contributed by atoms with Crippen molar-refractivity contribution in [3.05, 3.63) is 82.2 Å². The van der Waals surface area contributed by atoms with Crippen LogP contribution in [0.2, 0.25) is 0 Å². The van der Waals surface area contributed by atoms with Crippen LogP contribution in [0.1, 0.15) is 57.6 Å². The lowest BCUT2D eigenvalue weighted by Crippen LogP contribution is -2.38. The maximum Gasteiger partial charge on any atom is 0.336 e. The number of benzene rings is 2. The van der Waals surface area contributed by atoms with E-state index >= 15 is 0 Å². The Bertz CT molecular complexity index is 1410. The number of esters is 1. The summed E-state index contributed by atoms with van der Waals surface area (Å²) in [5, 5.41) is 7.32. The summed E-state index contributed by atoms with van der Waals surface area (Å²) < 4.78 is 16.6. The number of amides is 1. The third-order valence-corrected chi connectivity index (χ3v) is 6.86. The molecule has 2 aromatic carbocycles. The number of nitrogens with one attached hydrogen (secondary N) is 2. The molecule has 210 valence electrons. The first kappa shape index (κ1) is 28.6. The number of Topliss-reactive ketones (excluding diaryl/α,β-unsaturated/α-hetero) is 1. The molecule has 40 heavy (non-hydrogen) atoms. The monoisotopic (exact) mass is 545 g/mol. The fourth-order valence-corrected chi connectivity index (χ4v) is 5.20. The smallest absolute Gasteiger partial charge is 0.336 e. The molecule has 1 heterocycles. The molecule has 1 aliphatic heterocycles. The van der Waals surface area contributed by atoms with Crippen LogP contribution in [0, 0.1) is 5.41 Å². The van der Waals surface area contributed by atoms with Crippen molar-refractivity contribution in [2.75, 3.05) is 20.3 Å². The van der Waals surface area contributed by atoms with Crippen LogP contribution in [-0.4, -0.2) is 44.2 Å².